The number of nitrogens with one attached hydrogen (secondary N) is 1. The van der Waals surface area contributed by atoms with Crippen LogP contribution in [0, 0.1) is 0 Å². The highest BCUT2D eigenvalue weighted by Gasteiger charge is 2.40. The van der Waals surface area contributed by atoms with Crippen LogP contribution in [0.2, 0.25) is 0 Å². The quantitative estimate of drug-likeness (QED) is 0.680. The molecule has 2 bridgehead atoms. The Labute approximate surface area is 182 Å². The van der Waals surface area contributed by atoms with Gasteiger partial charge in [0.2, 0.25) is 0 Å². The first kappa shape index (κ1) is 19.2. The van der Waals surface area contributed by atoms with E-state index in [1.54, 1.807) is 13.2 Å². The summed E-state index contributed by atoms with van der Waals surface area (Å²) in [6.07, 6.45) is 3.24. The van der Waals surface area contributed by atoms with Crippen molar-refractivity contribution >= 4 is 26.4 Å². The minimum Gasteiger partial charge on any atom is -0.495 e. The molecule has 3 unspecified atom stereocenters. The molecule has 0 radical (unpaired) electrons. The number of hydrogen-bond acceptors (Lipinski definition) is 5. The first-order valence-electron chi connectivity index (χ1n) is 10.9. The molecule has 6 nitrogen and oxygen atoms in total. The molecule has 0 spiro atoms. The van der Waals surface area contributed by atoms with Gasteiger partial charge in [-0.05, 0) is 36.1 Å². The number of aryl methyl sites for hydroxylation is 1. The lowest BCUT2D eigenvalue weighted by Crippen LogP contribution is -2.32. The largest absolute Gasteiger partial charge is 0.495 e. The summed E-state index contributed by atoms with van der Waals surface area (Å²) in [4.78, 5) is 2.38. The van der Waals surface area contributed by atoms with Gasteiger partial charge in [0.25, 0.3) is 0 Å². The third-order valence-electron chi connectivity index (χ3n) is 7.48. The maximum Gasteiger partial charge on any atom is 0.187 e. The molecular weight excluding hydrogens is 410 g/mol. The number of ether oxygens (including phenoxy) is 1. The van der Waals surface area contributed by atoms with E-state index in [-0.39, 0.29) is 0 Å². The predicted octanol–water partition coefficient (Wildman–Crippen LogP) is 3.50. The molecular formula is C24H27N3O3S. The van der Waals surface area contributed by atoms with Crippen LogP contribution in [0.1, 0.15) is 41.0 Å². The molecule has 3 atom stereocenters. The molecule has 3 aromatic rings. The first-order valence-corrected chi connectivity index (χ1v) is 12.4. The molecule has 0 amide bonds. The Kier molecular flexibility index (Phi) is 4.02. The van der Waals surface area contributed by atoms with Gasteiger partial charge in [-0.1, -0.05) is 18.2 Å². The molecule has 3 aliphatic rings. The number of methoxy groups -OCH3 is 1. The van der Waals surface area contributed by atoms with Crippen LogP contribution in [-0.4, -0.2) is 39.7 Å². The third kappa shape index (κ3) is 2.56. The number of likely N-dealkylation sites (N-methyl/N-ethyl adjacent to an activating group) is 1. The summed E-state index contributed by atoms with van der Waals surface area (Å²) in [6, 6.07) is 12.2. The van der Waals surface area contributed by atoms with Gasteiger partial charge in [0, 0.05) is 62.0 Å². The number of aromatic nitrogens is 1. The predicted molar refractivity (Wildman–Crippen MR) is 122 cm³/mol. The van der Waals surface area contributed by atoms with Crippen LogP contribution >= 0.6 is 0 Å². The SMILES string of the molecule is COc1cc(S(=O)(=O)C2CN(C)c3ccccc32)cc2c3c(n(C)c12)CC1CCC3N1. The van der Waals surface area contributed by atoms with E-state index in [1.165, 1.54) is 17.7 Å². The Morgan fingerprint density at radius 1 is 1.13 bits per heavy atom. The van der Waals surface area contributed by atoms with E-state index < -0.39 is 15.1 Å². The molecule has 162 valence electrons. The van der Waals surface area contributed by atoms with Crippen LogP contribution in [0.25, 0.3) is 10.9 Å². The van der Waals surface area contributed by atoms with Gasteiger partial charge in [-0.2, -0.15) is 0 Å². The van der Waals surface area contributed by atoms with Crippen molar-refractivity contribution in [3.05, 3.63) is 53.2 Å². The standard InChI is InChI=1S/C24H27N3O3S/c1-26-13-22(16-6-4-5-7-19(16)26)31(28,29)15-11-17-23-18-9-8-14(25-18)10-20(23)27(2)24(17)21(12-15)30-3/h4-7,11-12,14,18,22,25H,8-10,13H2,1-3H3. The first-order chi connectivity index (χ1) is 14.9. The summed E-state index contributed by atoms with van der Waals surface area (Å²) in [5, 5.41) is 4.14. The van der Waals surface area contributed by atoms with Gasteiger partial charge >= 0.3 is 0 Å². The second-order valence-electron chi connectivity index (χ2n) is 9.11. The number of anilines is 1. The highest BCUT2D eigenvalue weighted by atomic mass is 32.2. The van der Waals surface area contributed by atoms with Crippen LogP contribution in [0.5, 0.6) is 5.75 Å². The summed E-state index contributed by atoms with van der Waals surface area (Å²) in [5.74, 6) is 0.628. The van der Waals surface area contributed by atoms with E-state index in [4.69, 9.17) is 4.74 Å². The Morgan fingerprint density at radius 3 is 2.74 bits per heavy atom. The summed E-state index contributed by atoms with van der Waals surface area (Å²) in [5.41, 5.74) is 5.41. The second kappa shape index (κ2) is 6.50. The van der Waals surface area contributed by atoms with Crippen molar-refractivity contribution in [2.24, 2.45) is 7.05 Å². The molecule has 1 aromatic heterocycles. The third-order valence-corrected chi connectivity index (χ3v) is 9.52. The van der Waals surface area contributed by atoms with Crippen molar-refractivity contribution in [3.8, 4) is 5.75 Å². The molecule has 31 heavy (non-hydrogen) atoms. The van der Waals surface area contributed by atoms with Crippen molar-refractivity contribution in [1.82, 2.24) is 9.88 Å². The molecule has 2 aromatic carbocycles. The van der Waals surface area contributed by atoms with Gasteiger partial charge in [0.15, 0.2) is 9.84 Å². The van der Waals surface area contributed by atoms with Crippen LogP contribution < -0.4 is 15.0 Å². The Morgan fingerprint density at radius 2 is 1.94 bits per heavy atom. The summed E-state index contributed by atoms with van der Waals surface area (Å²) < 4.78 is 35.7. The van der Waals surface area contributed by atoms with Crippen LogP contribution in [0.3, 0.4) is 0 Å². The van der Waals surface area contributed by atoms with Gasteiger partial charge in [-0.25, -0.2) is 8.42 Å². The van der Waals surface area contributed by atoms with Crippen molar-refractivity contribution in [2.75, 3.05) is 25.6 Å². The maximum absolute atomic E-state index is 13.9. The average molecular weight is 438 g/mol. The Balaban J connectivity index is 1.56. The van der Waals surface area contributed by atoms with Crippen LogP contribution in [0.4, 0.5) is 5.69 Å². The zero-order valence-electron chi connectivity index (χ0n) is 18.1. The van der Waals surface area contributed by atoms with E-state index >= 15 is 0 Å². The lowest BCUT2D eigenvalue weighted by Gasteiger charge is -2.23. The number of nitrogens with zero attached hydrogens (tertiary/aromatic N) is 2. The summed E-state index contributed by atoms with van der Waals surface area (Å²) in [7, 11) is 2.06. The number of sulfone groups is 1. The molecule has 1 N–H and O–H groups in total. The van der Waals surface area contributed by atoms with Crippen molar-refractivity contribution in [2.45, 2.75) is 41.5 Å². The van der Waals surface area contributed by atoms with Crippen molar-refractivity contribution in [1.29, 1.82) is 0 Å². The minimum atomic E-state index is -3.59. The number of rotatable bonds is 3. The van der Waals surface area contributed by atoms with Gasteiger partial charge in [-0.15, -0.1) is 0 Å². The monoisotopic (exact) mass is 437 g/mol. The fourth-order valence-corrected chi connectivity index (χ4v) is 7.82. The fraction of sp³-hybridized carbons (Fsp3) is 0.417. The van der Waals surface area contributed by atoms with E-state index in [9.17, 15) is 8.42 Å². The molecule has 7 heteroatoms. The highest BCUT2D eigenvalue weighted by Crippen LogP contribution is 2.46. The Hall–Kier alpha value is -2.51. The summed E-state index contributed by atoms with van der Waals surface area (Å²) >= 11 is 0. The van der Waals surface area contributed by atoms with Crippen LogP contribution in [0.15, 0.2) is 41.3 Å². The van der Waals surface area contributed by atoms with E-state index in [1.807, 2.05) is 42.3 Å². The zero-order chi connectivity index (χ0) is 21.5. The van der Waals surface area contributed by atoms with Crippen molar-refractivity contribution < 1.29 is 13.2 Å². The van der Waals surface area contributed by atoms with Gasteiger partial charge in [0.1, 0.15) is 11.0 Å². The molecule has 4 heterocycles. The molecule has 0 saturated carbocycles. The fourth-order valence-electron chi connectivity index (χ4n) is 5.98. The second-order valence-corrected chi connectivity index (χ2v) is 11.2. The number of benzene rings is 2. The van der Waals surface area contributed by atoms with Gasteiger partial charge in [0.05, 0.1) is 17.5 Å². The average Bonchev–Trinajstić information content (AvgIpc) is 3.41. The summed E-state index contributed by atoms with van der Waals surface area (Å²) in [6.45, 7) is 0.459. The number of para-hydroxylation sites is 1. The molecule has 3 aliphatic heterocycles. The minimum absolute atomic E-state index is 0.290. The Bertz CT molecular complexity index is 1330. The van der Waals surface area contributed by atoms with Gasteiger partial charge < -0.3 is 19.5 Å². The number of fused-ring (bicyclic) bond motifs is 7. The molecule has 1 fully saturated rings. The normalized spacial score (nSPS) is 24.5. The van der Waals surface area contributed by atoms with Gasteiger partial charge in [-0.3, -0.25) is 0 Å². The molecule has 1 saturated heterocycles. The van der Waals surface area contributed by atoms with E-state index in [0.717, 1.165) is 35.0 Å². The zero-order valence-corrected chi connectivity index (χ0v) is 18.9. The van der Waals surface area contributed by atoms with Crippen LogP contribution in [-0.2, 0) is 23.3 Å². The highest BCUT2D eigenvalue weighted by molar-refractivity contribution is 7.91. The van der Waals surface area contributed by atoms with Crippen molar-refractivity contribution in [3.63, 3.8) is 0 Å². The lowest BCUT2D eigenvalue weighted by molar-refractivity contribution is 0.416. The molecule has 6 rings (SSSR count). The van der Waals surface area contributed by atoms with E-state index in [2.05, 4.69) is 16.9 Å². The smallest absolute Gasteiger partial charge is 0.187 e. The van der Waals surface area contributed by atoms with E-state index in [0.29, 0.717) is 29.3 Å². The topological polar surface area (TPSA) is 63.6 Å². The number of hydrogen-bond donors (Lipinski definition) is 1. The lowest BCUT2D eigenvalue weighted by atomic mass is 9.99. The molecule has 0 aliphatic carbocycles. The maximum atomic E-state index is 13.9.